The van der Waals surface area contributed by atoms with Gasteiger partial charge in [-0.25, -0.2) is 4.98 Å². The number of piperazine rings is 1. The van der Waals surface area contributed by atoms with Crippen LogP contribution < -0.4 is 5.32 Å². The van der Waals surface area contributed by atoms with Crippen molar-refractivity contribution < 1.29 is 18.3 Å². The molecule has 2 aliphatic rings. The van der Waals surface area contributed by atoms with E-state index in [1.165, 1.54) is 19.3 Å². The highest BCUT2D eigenvalue weighted by atomic mass is 19.3. The fraction of sp³-hybridized carbons (Fsp3) is 0.536. The number of nitrogens with zero attached hydrogens (tertiary/aromatic N) is 5. The van der Waals surface area contributed by atoms with Gasteiger partial charge in [-0.1, -0.05) is 31.4 Å². The summed E-state index contributed by atoms with van der Waals surface area (Å²) < 4.78 is 31.5. The molecule has 1 aromatic carbocycles. The molecule has 0 spiro atoms. The van der Waals surface area contributed by atoms with E-state index in [1.54, 1.807) is 13.1 Å². The predicted octanol–water partition coefficient (Wildman–Crippen LogP) is 5.03. The number of hydrogen-bond donors (Lipinski definition) is 1. The number of halogens is 2. The molecule has 1 saturated heterocycles. The number of carbonyl (C=O) groups excluding carboxylic acids is 1. The minimum Gasteiger partial charge on any atom is -0.349 e. The lowest BCUT2D eigenvalue weighted by Gasteiger charge is -2.32. The van der Waals surface area contributed by atoms with Crippen LogP contribution >= 0.6 is 0 Å². The Labute approximate surface area is 222 Å². The standard InChI is InChI=1S/C28H36F2N6O2/c1-19(18-38-27(29)30)32-28-31-16-23-24(17-36(25(23)33-28)22-6-4-3-5-7-22)20-8-10-21(11-9-20)26(37)35-14-12-34(2)13-15-35/h8-11,16-17,19,22,27H,3-7,12-15,18H2,1-2H3,(H,31,32,33)/t19-/m0/s1. The van der Waals surface area contributed by atoms with Gasteiger partial charge in [0.25, 0.3) is 5.91 Å². The van der Waals surface area contributed by atoms with Gasteiger partial charge in [0.15, 0.2) is 0 Å². The van der Waals surface area contributed by atoms with Crippen LogP contribution in [0.1, 0.15) is 55.4 Å². The molecule has 3 aromatic rings. The number of aromatic nitrogens is 3. The summed E-state index contributed by atoms with van der Waals surface area (Å²) in [6.45, 7) is 2.06. The third kappa shape index (κ3) is 5.96. The number of amides is 1. The monoisotopic (exact) mass is 526 g/mol. The van der Waals surface area contributed by atoms with E-state index in [4.69, 9.17) is 4.98 Å². The van der Waals surface area contributed by atoms with Gasteiger partial charge in [0.05, 0.1) is 6.61 Å². The van der Waals surface area contributed by atoms with E-state index in [9.17, 15) is 13.6 Å². The predicted molar refractivity (Wildman–Crippen MR) is 144 cm³/mol. The molecule has 38 heavy (non-hydrogen) atoms. The molecular formula is C28H36F2N6O2. The molecule has 8 nitrogen and oxygen atoms in total. The number of rotatable bonds is 8. The van der Waals surface area contributed by atoms with E-state index in [-0.39, 0.29) is 18.6 Å². The first-order valence-corrected chi connectivity index (χ1v) is 13.5. The van der Waals surface area contributed by atoms with Gasteiger partial charge in [-0.05, 0) is 44.5 Å². The van der Waals surface area contributed by atoms with Crippen LogP contribution in [0.15, 0.2) is 36.7 Å². The van der Waals surface area contributed by atoms with Crippen molar-refractivity contribution >= 4 is 22.9 Å². The number of benzene rings is 1. The molecule has 3 heterocycles. The number of nitrogens with one attached hydrogen (secondary N) is 1. The third-order valence-electron chi connectivity index (χ3n) is 7.62. The molecular weight excluding hydrogens is 490 g/mol. The average molecular weight is 527 g/mol. The Bertz CT molecular complexity index is 1230. The van der Waals surface area contributed by atoms with E-state index in [0.717, 1.165) is 61.2 Å². The number of carbonyl (C=O) groups is 1. The second kappa shape index (κ2) is 11.7. The quantitative estimate of drug-likeness (QED) is 0.444. The lowest BCUT2D eigenvalue weighted by Crippen LogP contribution is -2.47. The summed E-state index contributed by atoms with van der Waals surface area (Å²) >= 11 is 0. The molecule has 2 fully saturated rings. The molecule has 1 saturated carbocycles. The molecule has 1 N–H and O–H groups in total. The van der Waals surface area contributed by atoms with Crippen LogP contribution in [-0.2, 0) is 4.74 Å². The first-order chi connectivity index (χ1) is 18.4. The van der Waals surface area contributed by atoms with Crippen molar-refractivity contribution in [1.29, 1.82) is 0 Å². The average Bonchev–Trinajstić information content (AvgIpc) is 3.31. The van der Waals surface area contributed by atoms with Crippen LogP contribution in [-0.4, -0.2) is 82.7 Å². The highest BCUT2D eigenvalue weighted by molar-refractivity contribution is 5.97. The highest BCUT2D eigenvalue weighted by Crippen LogP contribution is 2.36. The third-order valence-corrected chi connectivity index (χ3v) is 7.62. The van der Waals surface area contributed by atoms with Gasteiger partial charge in [-0.15, -0.1) is 0 Å². The molecule has 1 aliphatic carbocycles. The van der Waals surface area contributed by atoms with Crippen molar-refractivity contribution in [2.45, 2.75) is 57.7 Å². The van der Waals surface area contributed by atoms with E-state index in [2.05, 4.69) is 37.7 Å². The number of likely N-dealkylation sites (N-methyl/N-ethyl adjacent to an activating group) is 1. The van der Waals surface area contributed by atoms with E-state index in [0.29, 0.717) is 17.6 Å². The molecule has 10 heteroatoms. The summed E-state index contributed by atoms with van der Waals surface area (Å²) in [7, 11) is 2.07. The summed E-state index contributed by atoms with van der Waals surface area (Å²) in [5.74, 6) is 0.455. The lowest BCUT2D eigenvalue weighted by molar-refractivity contribution is -0.130. The van der Waals surface area contributed by atoms with Gasteiger partial charge in [-0.3, -0.25) is 4.79 Å². The molecule has 1 amide bonds. The highest BCUT2D eigenvalue weighted by Gasteiger charge is 2.23. The second-order valence-corrected chi connectivity index (χ2v) is 10.5. The maximum Gasteiger partial charge on any atom is 0.345 e. The Morgan fingerprint density at radius 3 is 2.50 bits per heavy atom. The van der Waals surface area contributed by atoms with Gasteiger partial charge in [0.1, 0.15) is 5.65 Å². The van der Waals surface area contributed by atoms with Crippen molar-refractivity contribution in [3.05, 3.63) is 42.2 Å². The van der Waals surface area contributed by atoms with Crippen molar-refractivity contribution in [3.63, 3.8) is 0 Å². The Morgan fingerprint density at radius 1 is 1.11 bits per heavy atom. The normalized spacial score (nSPS) is 18.3. The second-order valence-electron chi connectivity index (χ2n) is 10.5. The van der Waals surface area contributed by atoms with Gasteiger partial charge >= 0.3 is 6.61 Å². The van der Waals surface area contributed by atoms with Crippen molar-refractivity contribution in [2.75, 3.05) is 45.2 Å². The molecule has 1 aliphatic heterocycles. The zero-order valence-electron chi connectivity index (χ0n) is 22.1. The minimum absolute atomic E-state index is 0.0678. The van der Waals surface area contributed by atoms with Crippen LogP contribution in [0.4, 0.5) is 14.7 Å². The van der Waals surface area contributed by atoms with Crippen LogP contribution in [0, 0.1) is 0 Å². The fourth-order valence-electron chi connectivity index (χ4n) is 5.43. The Hall–Kier alpha value is -3.11. The zero-order chi connectivity index (χ0) is 26.6. The molecule has 0 unspecified atom stereocenters. The van der Waals surface area contributed by atoms with E-state index < -0.39 is 6.61 Å². The van der Waals surface area contributed by atoms with Crippen molar-refractivity contribution in [1.82, 2.24) is 24.3 Å². The largest absolute Gasteiger partial charge is 0.349 e. The SMILES string of the molecule is C[C@@H](COC(F)F)Nc1ncc2c(-c3ccc(C(=O)N4CCN(C)CC4)cc3)cn(C3CCCCC3)c2n1. The van der Waals surface area contributed by atoms with Gasteiger partial charge in [0.2, 0.25) is 5.95 Å². The van der Waals surface area contributed by atoms with Crippen LogP contribution in [0.25, 0.3) is 22.2 Å². The van der Waals surface area contributed by atoms with Crippen molar-refractivity contribution in [3.8, 4) is 11.1 Å². The minimum atomic E-state index is -2.81. The summed E-state index contributed by atoms with van der Waals surface area (Å²) in [5.41, 5.74) is 3.54. The Morgan fingerprint density at radius 2 is 1.82 bits per heavy atom. The topological polar surface area (TPSA) is 75.5 Å². The van der Waals surface area contributed by atoms with Gasteiger partial charge < -0.3 is 24.4 Å². The summed E-state index contributed by atoms with van der Waals surface area (Å²) in [5, 5.41) is 4.01. The number of ether oxygens (including phenoxy) is 1. The Kier molecular flexibility index (Phi) is 8.18. The number of alkyl halides is 2. The molecule has 2 aromatic heterocycles. The number of hydrogen-bond acceptors (Lipinski definition) is 6. The summed E-state index contributed by atoms with van der Waals surface area (Å²) in [4.78, 5) is 26.5. The van der Waals surface area contributed by atoms with Crippen molar-refractivity contribution in [2.24, 2.45) is 0 Å². The van der Waals surface area contributed by atoms with E-state index in [1.807, 2.05) is 29.2 Å². The number of anilines is 1. The summed E-state index contributed by atoms with van der Waals surface area (Å²) in [6.07, 6.45) is 9.74. The summed E-state index contributed by atoms with van der Waals surface area (Å²) in [6, 6.07) is 7.78. The maximum atomic E-state index is 13.0. The lowest BCUT2D eigenvalue weighted by atomic mass is 9.95. The zero-order valence-corrected chi connectivity index (χ0v) is 22.1. The molecule has 1 atom stereocenters. The number of fused-ring (bicyclic) bond motifs is 1. The Balaban J connectivity index is 1.42. The van der Waals surface area contributed by atoms with Gasteiger partial charge in [0, 0.05) is 67.2 Å². The van der Waals surface area contributed by atoms with Crippen LogP contribution in [0.2, 0.25) is 0 Å². The van der Waals surface area contributed by atoms with Gasteiger partial charge in [-0.2, -0.15) is 13.8 Å². The smallest absolute Gasteiger partial charge is 0.345 e. The maximum absolute atomic E-state index is 13.0. The molecule has 204 valence electrons. The first kappa shape index (κ1) is 26.5. The van der Waals surface area contributed by atoms with Crippen LogP contribution in [0.5, 0.6) is 0 Å². The fourth-order valence-corrected chi connectivity index (χ4v) is 5.43. The van der Waals surface area contributed by atoms with Crippen LogP contribution in [0.3, 0.4) is 0 Å². The van der Waals surface area contributed by atoms with E-state index >= 15 is 0 Å². The first-order valence-electron chi connectivity index (χ1n) is 13.5. The molecule has 5 rings (SSSR count). The molecule has 0 radical (unpaired) electrons. The molecule has 0 bridgehead atoms.